The number of amides is 2. The summed E-state index contributed by atoms with van der Waals surface area (Å²) in [5.74, 6) is -2.58. The molecule has 0 spiro atoms. The number of rotatable bonds is 4. The van der Waals surface area contributed by atoms with Crippen LogP contribution in [0.3, 0.4) is 0 Å². The maximum absolute atomic E-state index is 13.1. The number of aromatic hydroxyl groups is 1. The van der Waals surface area contributed by atoms with Gasteiger partial charge in [0.2, 0.25) is 17.4 Å². The number of phenols is 1. The van der Waals surface area contributed by atoms with Crippen molar-refractivity contribution < 1.29 is 29.5 Å². The molecule has 2 fully saturated rings. The molecule has 0 saturated carbocycles. The lowest BCUT2D eigenvalue weighted by Crippen LogP contribution is -2.98. The van der Waals surface area contributed by atoms with E-state index in [0.29, 0.717) is 0 Å². The van der Waals surface area contributed by atoms with Crippen LogP contribution in [0.4, 0.5) is 0 Å². The number of hydrogen-bond acceptors (Lipinski definition) is 5. The lowest BCUT2D eigenvalue weighted by molar-refractivity contribution is -0.734. The number of quaternary nitrogens is 1. The zero-order valence-electron chi connectivity index (χ0n) is 16.2. The van der Waals surface area contributed by atoms with Gasteiger partial charge in [-0.1, -0.05) is 30.3 Å². The predicted octanol–water partition coefficient (Wildman–Crippen LogP) is 0.396. The molecule has 7 nitrogen and oxygen atoms in total. The maximum atomic E-state index is 13.1. The van der Waals surface area contributed by atoms with Gasteiger partial charge in [0, 0.05) is 19.0 Å². The fourth-order valence-electron chi connectivity index (χ4n) is 4.83. The van der Waals surface area contributed by atoms with E-state index >= 15 is 0 Å². The van der Waals surface area contributed by atoms with Gasteiger partial charge in [0.15, 0.2) is 0 Å². The van der Waals surface area contributed by atoms with Crippen molar-refractivity contribution >= 4 is 17.8 Å². The van der Waals surface area contributed by atoms with E-state index in [1.807, 2.05) is 35.6 Å². The molecule has 2 aliphatic heterocycles. The summed E-state index contributed by atoms with van der Waals surface area (Å²) >= 11 is 0. The Bertz CT molecular complexity index is 959. The second-order valence-electron chi connectivity index (χ2n) is 7.72. The zero-order chi connectivity index (χ0) is 20.8. The molecule has 2 aliphatic rings. The van der Waals surface area contributed by atoms with E-state index in [-0.39, 0.29) is 24.0 Å². The number of phenolic OH excluding ortho intramolecular Hbond substituents is 1. The van der Waals surface area contributed by atoms with Crippen LogP contribution in [0.1, 0.15) is 17.2 Å². The van der Waals surface area contributed by atoms with Crippen LogP contribution < -0.4 is 5.32 Å². The van der Waals surface area contributed by atoms with Crippen LogP contribution in [0, 0.1) is 11.8 Å². The quantitative estimate of drug-likeness (QED) is 0.576. The Morgan fingerprint density at radius 3 is 2.38 bits per heavy atom. The molecule has 3 N–H and O–H groups in total. The molecule has 2 amide bonds. The number of likely N-dealkylation sites (tertiary alicyclic amines) is 1. The Hall–Kier alpha value is -3.19. The van der Waals surface area contributed by atoms with Gasteiger partial charge in [0.05, 0.1) is 7.11 Å². The highest BCUT2D eigenvalue weighted by molar-refractivity contribution is 6.08. The predicted molar refractivity (Wildman–Crippen MR) is 102 cm³/mol. The van der Waals surface area contributed by atoms with Crippen LogP contribution >= 0.6 is 0 Å². The normalized spacial score (nSPS) is 28.5. The van der Waals surface area contributed by atoms with Crippen molar-refractivity contribution in [3.8, 4) is 5.75 Å². The summed E-state index contributed by atoms with van der Waals surface area (Å²) in [4.78, 5) is 40.3. The topological polar surface area (TPSA) is 101 Å². The summed E-state index contributed by atoms with van der Waals surface area (Å²) in [6, 6.07) is 15.5. The Kier molecular flexibility index (Phi) is 4.62. The highest BCUT2D eigenvalue weighted by Crippen LogP contribution is 2.45. The molecule has 0 radical (unpaired) electrons. The Balaban J connectivity index is 1.85. The average molecular weight is 395 g/mol. The van der Waals surface area contributed by atoms with E-state index in [2.05, 4.69) is 0 Å². The molecular weight excluding hydrogens is 372 g/mol. The molecular formula is C22H23N2O5+. The molecule has 2 heterocycles. The first-order valence-corrected chi connectivity index (χ1v) is 9.48. The number of nitrogens with two attached hydrogens (primary N) is 1. The first-order chi connectivity index (χ1) is 13.9. The number of ether oxygens (including phenoxy) is 1. The minimum absolute atomic E-state index is 0.109. The minimum atomic E-state index is -1.25. The van der Waals surface area contributed by atoms with Gasteiger partial charge in [-0.15, -0.1) is 0 Å². The zero-order valence-corrected chi connectivity index (χ0v) is 16.2. The summed E-state index contributed by atoms with van der Waals surface area (Å²) < 4.78 is 5.15. The number of carbonyl (C=O) groups excluding carboxylic acids is 3. The average Bonchev–Trinajstić information content (AvgIpc) is 3.19. The second kappa shape index (κ2) is 7.00. The summed E-state index contributed by atoms with van der Waals surface area (Å²) in [5, 5.41) is 11.4. The summed E-state index contributed by atoms with van der Waals surface area (Å²) in [6.45, 7) is 0. The standard InChI is InChI=1S/C22H22N2O5/c1-24-19(26)16-17(20(24)27)22(21(28)29-2,12-13-6-4-3-5-7-13)23-18(16)14-8-10-15(25)11-9-14/h3-11,16-18,23,25H,12H2,1-2H3/p+1/t16-,17+,18+,22+/m0/s1. The lowest BCUT2D eigenvalue weighted by Gasteiger charge is -2.29. The number of fused-ring (bicyclic) bond motifs is 1. The molecule has 2 aromatic rings. The summed E-state index contributed by atoms with van der Waals surface area (Å²) in [6.07, 6.45) is 0.267. The fourth-order valence-corrected chi connectivity index (χ4v) is 4.83. The van der Waals surface area contributed by atoms with Gasteiger partial charge in [0.1, 0.15) is 23.6 Å². The molecule has 29 heavy (non-hydrogen) atoms. The molecule has 2 saturated heterocycles. The first-order valence-electron chi connectivity index (χ1n) is 9.48. The Morgan fingerprint density at radius 1 is 1.10 bits per heavy atom. The van der Waals surface area contributed by atoms with Crippen LogP contribution in [-0.2, 0) is 25.5 Å². The van der Waals surface area contributed by atoms with Crippen molar-refractivity contribution in [2.24, 2.45) is 11.8 Å². The molecule has 0 bridgehead atoms. The number of esters is 1. The van der Waals surface area contributed by atoms with Crippen molar-refractivity contribution in [3.63, 3.8) is 0 Å². The molecule has 7 heteroatoms. The molecule has 0 aliphatic carbocycles. The molecule has 4 rings (SSSR count). The van der Waals surface area contributed by atoms with E-state index in [1.165, 1.54) is 14.2 Å². The lowest BCUT2D eigenvalue weighted by atomic mass is 9.76. The van der Waals surface area contributed by atoms with Gasteiger partial charge < -0.3 is 15.2 Å². The van der Waals surface area contributed by atoms with Crippen molar-refractivity contribution in [1.82, 2.24) is 4.90 Å². The number of benzene rings is 2. The number of hydrogen-bond donors (Lipinski definition) is 2. The van der Waals surface area contributed by atoms with E-state index in [9.17, 15) is 19.5 Å². The van der Waals surface area contributed by atoms with E-state index < -0.39 is 29.4 Å². The number of nitrogens with zero attached hydrogens (tertiary/aromatic N) is 1. The van der Waals surface area contributed by atoms with Crippen LogP contribution in [0.25, 0.3) is 0 Å². The monoisotopic (exact) mass is 395 g/mol. The van der Waals surface area contributed by atoms with Crippen molar-refractivity contribution in [3.05, 3.63) is 65.7 Å². The van der Waals surface area contributed by atoms with Crippen molar-refractivity contribution in [2.75, 3.05) is 14.2 Å². The van der Waals surface area contributed by atoms with Gasteiger partial charge in [0.25, 0.3) is 0 Å². The molecule has 150 valence electrons. The molecule has 0 unspecified atom stereocenters. The highest BCUT2D eigenvalue weighted by atomic mass is 16.5. The van der Waals surface area contributed by atoms with Gasteiger partial charge in [-0.25, -0.2) is 4.79 Å². The van der Waals surface area contributed by atoms with E-state index in [1.54, 1.807) is 24.3 Å². The SMILES string of the molecule is COC(=O)[C@]1(Cc2ccccc2)[NH2+][C@H](c2ccc(O)cc2)[C@H]2C(=O)N(C)C(=O)[C@@H]21. The Labute approximate surface area is 168 Å². The third kappa shape index (κ3) is 2.89. The van der Waals surface area contributed by atoms with Gasteiger partial charge in [-0.05, 0) is 29.8 Å². The van der Waals surface area contributed by atoms with Crippen LogP contribution in [0.2, 0.25) is 0 Å². The first kappa shape index (κ1) is 19.1. The smallest absolute Gasteiger partial charge is 0.369 e. The Morgan fingerprint density at radius 2 is 1.76 bits per heavy atom. The van der Waals surface area contributed by atoms with Crippen molar-refractivity contribution in [2.45, 2.75) is 18.0 Å². The van der Waals surface area contributed by atoms with Gasteiger partial charge in [-0.2, -0.15) is 0 Å². The maximum Gasteiger partial charge on any atom is 0.369 e. The van der Waals surface area contributed by atoms with Crippen LogP contribution in [0.15, 0.2) is 54.6 Å². The van der Waals surface area contributed by atoms with Gasteiger partial charge >= 0.3 is 5.97 Å². The summed E-state index contributed by atoms with van der Waals surface area (Å²) in [5.41, 5.74) is 0.406. The minimum Gasteiger partial charge on any atom is -0.508 e. The second-order valence-corrected chi connectivity index (χ2v) is 7.72. The van der Waals surface area contributed by atoms with E-state index in [4.69, 9.17) is 4.74 Å². The van der Waals surface area contributed by atoms with Crippen LogP contribution in [0.5, 0.6) is 5.75 Å². The molecule has 0 aromatic heterocycles. The largest absolute Gasteiger partial charge is 0.508 e. The van der Waals surface area contributed by atoms with E-state index in [0.717, 1.165) is 16.0 Å². The summed E-state index contributed by atoms with van der Waals surface area (Å²) in [7, 11) is 2.76. The third-order valence-corrected chi connectivity index (χ3v) is 6.17. The van der Waals surface area contributed by atoms with Gasteiger partial charge in [-0.3, -0.25) is 14.5 Å². The fraction of sp³-hybridized carbons (Fsp3) is 0.318. The number of imide groups is 1. The van der Waals surface area contributed by atoms with Crippen LogP contribution in [-0.4, -0.2) is 47.5 Å². The number of methoxy groups -OCH3 is 1. The molecule has 2 aromatic carbocycles. The number of carbonyl (C=O) groups is 3. The molecule has 4 atom stereocenters. The highest BCUT2D eigenvalue weighted by Gasteiger charge is 2.71. The van der Waals surface area contributed by atoms with Crippen molar-refractivity contribution in [1.29, 1.82) is 0 Å². The third-order valence-electron chi connectivity index (χ3n) is 6.17.